The second-order valence-electron chi connectivity index (χ2n) is 7.66. The van der Waals surface area contributed by atoms with Crippen molar-refractivity contribution in [3.63, 3.8) is 0 Å². The number of nitrogens with zero attached hydrogens (tertiary/aromatic N) is 2. The Labute approximate surface area is 150 Å². The third-order valence-corrected chi connectivity index (χ3v) is 5.50. The maximum atomic E-state index is 12.2. The van der Waals surface area contributed by atoms with Crippen molar-refractivity contribution in [2.24, 2.45) is 0 Å². The monoisotopic (exact) mass is 345 g/mol. The summed E-state index contributed by atoms with van der Waals surface area (Å²) >= 11 is 0. The van der Waals surface area contributed by atoms with Gasteiger partial charge in [0.2, 0.25) is 5.91 Å². The van der Waals surface area contributed by atoms with Crippen molar-refractivity contribution in [3.8, 4) is 0 Å². The lowest BCUT2D eigenvalue weighted by Gasteiger charge is -2.31. The fraction of sp³-hybridized carbons (Fsp3) is 0.700. The van der Waals surface area contributed by atoms with E-state index >= 15 is 0 Å². The molecule has 0 bridgehead atoms. The molecule has 2 heterocycles. The molecule has 1 saturated heterocycles. The number of hydrogen-bond donors (Lipinski definition) is 2. The zero-order valence-electron chi connectivity index (χ0n) is 15.2. The number of rotatable bonds is 5. The van der Waals surface area contributed by atoms with Gasteiger partial charge in [-0.2, -0.15) is 0 Å². The van der Waals surface area contributed by atoms with Crippen LogP contribution in [0.25, 0.3) is 0 Å². The molecule has 1 aliphatic heterocycles. The van der Waals surface area contributed by atoms with Gasteiger partial charge in [-0.25, -0.2) is 4.98 Å². The molecule has 2 aliphatic rings. The van der Waals surface area contributed by atoms with Crippen LogP contribution in [-0.4, -0.2) is 34.7 Å². The number of carbonyl (C=O) groups is 1. The fourth-order valence-electron chi connectivity index (χ4n) is 3.99. The number of nitrogens with one attached hydrogen (secondary N) is 1. The number of amides is 1. The minimum atomic E-state index is -0.794. The Bertz CT molecular complexity index is 562. The van der Waals surface area contributed by atoms with Gasteiger partial charge < -0.3 is 15.3 Å². The standard InChI is InChI=1S/C20H31N3O2/c24-19(15-20(25)9-4-3-5-10-20)22-16-17-8-11-21-18(14-17)23-12-6-1-2-7-13-23/h8,11,14,25H,1-7,9-10,12-13,15-16H2,(H,22,24). The molecular weight excluding hydrogens is 314 g/mol. The van der Waals surface area contributed by atoms with Gasteiger partial charge in [-0.05, 0) is 43.4 Å². The van der Waals surface area contributed by atoms with Gasteiger partial charge in [0.05, 0.1) is 12.0 Å². The van der Waals surface area contributed by atoms with E-state index in [9.17, 15) is 9.90 Å². The van der Waals surface area contributed by atoms with Crippen LogP contribution in [0.15, 0.2) is 18.3 Å². The molecule has 2 fully saturated rings. The first-order valence-electron chi connectivity index (χ1n) is 9.84. The molecule has 2 N–H and O–H groups in total. The van der Waals surface area contributed by atoms with E-state index in [0.717, 1.165) is 50.2 Å². The summed E-state index contributed by atoms with van der Waals surface area (Å²) in [5.41, 5.74) is 0.274. The number of aromatic nitrogens is 1. The van der Waals surface area contributed by atoms with Crippen LogP contribution in [0.2, 0.25) is 0 Å². The lowest BCUT2D eigenvalue weighted by molar-refractivity contribution is -0.127. The Morgan fingerprint density at radius 2 is 1.80 bits per heavy atom. The molecule has 1 aliphatic carbocycles. The summed E-state index contributed by atoms with van der Waals surface area (Å²) in [6, 6.07) is 4.04. The van der Waals surface area contributed by atoms with Crippen LogP contribution in [-0.2, 0) is 11.3 Å². The minimum Gasteiger partial charge on any atom is -0.389 e. The first-order chi connectivity index (χ1) is 12.1. The maximum absolute atomic E-state index is 12.2. The van der Waals surface area contributed by atoms with Crippen molar-refractivity contribution < 1.29 is 9.90 Å². The van der Waals surface area contributed by atoms with E-state index < -0.39 is 5.60 Å². The molecule has 0 spiro atoms. The van der Waals surface area contributed by atoms with Crippen LogP contribution >= 0.6 is 0 Å². The van der Waals surface area contributed by atoms with Crippen LogP contribution in [0.5, 0.6) is 0 Å². The Balaban J connectivity index is 1.52. The summed E-state index contributed by atoms with van der Waals surface area (Å²) in [5.74, 6) is 0.956. The molecule has 1 amide bonds. The molecule has 0 radical (unpaired) electrons. The van der Waals surface area contributed by atoms with Gasteiger partial charge in [-0.1, -0.05) is 32.1 Å². The van der Waals surface area contributed by atoms with Gasteiger partial charge in [0.15, 0.2) is 0 Å². The average molecular weight is 345 g/mol. The van der Waals surface area contributed by atoms with E-state index in [1.165, 1.54) is 32.1 Å². The van der Waals surface area contributed by atoms with Gasteiger partial charge >= 0.3 is 0 Å². The molecule has 138 valence electrons. The SMILES string of the molecule is O=C(CC1(O)CCCCC1)NCc1ccnc(N2CCCCCC2)c1. The van der Waals surface area contributed by atoms with E-state index in [-0.39, 0.29) is 12.3 Å². The van der Waals surface area contributed by atoms with Crippen molar-refractivity contribution >= 4 is 11.7 Å². The minimum absolute atomic E-state index is 0.0578. The predicted molar refractivity (Wildman–Crippen MR) is 99.4 cm³/mol. The zero-order valence-corrected chi connectivity index (χ0v) is 15.2. The molecule has 0 unspecified atom stereocenters. The topological polar surface area (TPSA) is 65.5 Å². The normalized spacial score (nSPS) is 20.8. The van der Waals surface area contributed by atoms with Gasteiger partial charge in [0.1, 0.15) is 5.82 Å². The van der Waals surface area contributed by atoms with Gasteiger partial charge in [0, 0.05) is 25.8 Å². The highest BCUT2D eigenvalue weighted by Crippen LogP contribution is 2.30. The number of anilines is 1. The van der Waals surface area contributed by atoms with Crippen molar-refractivity contribution in [1.29, 1.82) is 0 Å². The first-order valence-corrected chi connectivity index (χ1v) is 9.84. The molecule has 25 heavy (non-hydrogen) atoms. The Hall–Kier alpha value is -1.62. The summed E-state index contributed by atoms with van der Waals surface area (Å²) in [7, 11) is 0. The van der Waals surface area contributed by atoms with Crippen LogP contribution in [0.1, 0.15) is 69.8 Å². The number of carbonyl (C=O) groups excluding carboxylic acids is 1. The Morgan fingerprint density at radius 3 is 2.52 bits per heavy atom. The molecule has 1 aromatic heterocycles. The van der Waals surface area contributed by atoms with Crippen molar-refractivity contribution in [2.45, 2.75) is 76.4 Å². The Morgan fingerprint density at radius 1 is 1.12 bits per heavy atom. The number of pyridine rings is 1. The van der Waals surface area contributed by atoms with Crippen molar-refractivity contribution in [3.05, 3.63) is 23.9 Å². The van der Waals surface area contributed by atoms with Gasteiger partial charge in [-0.3, -0.25) is 4.79 Å². The third kappa shape index (κ3) is 5.43. The maximum Gasteiger partial charge on any atom is 0.223 e. The van der Waals surface area contributed by atoms with Crippen molar-refractivity contribution in [2.75, 3.05) is 18.0 Å². The Kier molecular flexibility index (Phi) is 6.29. The number of aliphatic hydroxyl groups is 1. The van der Waals surface area contributed by atoms with E-state index in [2.05, 4.69) is 21.3 Å². The average Bonchev–Trinajstić information content (AvgIpc) is 2.90. The van der Waals surface area contributed by atoms with Gasteiger partial charge in [-0.15, -0.1) is 0 Å². The van der Waals surface area contributed by atoms with Crippen molar-refractivity contribution in [1.82, 2.24) is 10.3 Å². The van der Waals surface area contributed by atoms with Crippen LogP contribution < -0.4 is 10.2 Å². The van der Waals surface area contributed by atoms with Crippen LogP contribution in [0.4, 0.5) is 5.82 Å². The molecule has 5 nitrogen and oxygen atoms in total. The fourth-order valence-corrected chi connectivity index (χ4v) is 3.99. The smallest absolute Gasteiger partial charge is 0.223 e. The molecule has 1 saturated carbocycles. The molecule has 5 heteroatoms. The molecule has 0 aromatic carbocycles. The summed E-state index contributed by atoms with van der Waals surface area (Å²) in [4.78, 5) is 19.1. The largest absolute Gasteiger partial charge is 0.389 e. The predicted octanol–water partition coefficient (Wildman–Crippen LogP) is 3.16. The van der Waals surface area contributed by atoms with Crippen LogP contribution in [0, 0.1) is 0 Å². The summed E-state index contributed by atoms with van der Waals surface area (Å²) in [6.07, 6.45) is 11.8. The second-order valence-corrected chi connectivity index (χ2v) is 7.66. The van der Waals surface area contributed by atoms with Crippen LogP contribution in [0.3, 0.4) is 0 Å². The highest BCUT2D eigenvalue weighted by atomic mass is 16.3. The van der Waals surface area contributed by atoms with E-state index in [1.807, 2.05) is 12.3 Å². The summed E-state index contributed by atoms with van der Waals surface area (Å²) < 4.78 is 0. The quantitative estimate of drug-likeness (QED) is 0.860. The van der Waals surface area contributed by atoms with Gasteiger partial charge in [0.25, 0.3) is 0 Å². The highest BCUT2D eigenvalue weighted by Gasteiger charge is 2.31. The third-order valence-electron chi connectivity index (χ3n) is 5.50. The second kappa shape index (κ2) is 8.65. The summed E-state index contributed by atoms with van der Waals surface area (Å²) in [5, 5.41) is 13.5. The molecule has 1 aromatic rings. The first kappa shape index (κ1) is 18.2. The lowest BCUT2D eigenvalue weighted by Crippen LogP contribution is -2.38. The zero-order chi connectivity index (χ0) is 17.5. The van der Waals surface area contributed by atoms with E-state index in [0.29, 0.717) is 6.54 Å². The molecule has 0 atom stereocenters. The lowest BCUT2D eigenvalue weighted by atomic mass is 9.82. The molecular formula is C20H31N3O2. The highest BCUT2D eigenvalue weighted by molar-refractivity contribution is 5.77. The number of hydrogen-bond acceptors (Lipinski definition) is 4. The summed E-state index contributed by atoms with van der Waals surface area (Å²) in [6.45, 7) is 2.63. The van der Waals surface area contributed by atoms with E-state index in [4.69, 9.17) is 0 Å². The van der Waals surface area contributed by atoms with E-state index in [1.54, 1.807) is 0 Å². The molecule has 3 rings (SSSR count).